The van der Waals surface area contributed by atoms with Gasteiger partial charge in [0.15, 0.2) is 11.7 Å². The second kappa shape index (κ2) is 8.36. The first kappa shape index (κ1) is 24.4. The van der Waals surface area contributed by atoms with E-state index in [0.717, 1.165) is 24.3 Å². The van der Waals surface area contributed by atoms with Gasteiger partial charge in [-0.2, -0.15) is 17.6 Å². The van der Waals surface area contributed by atoms with Gasteiger partial charge in [-0.05, 0) is 24.3 Å². The lowest BCUT2D eigenvalue weighted by Gasteiger charge is -2.22. The molecule has 0 spiro atoms. The molecule has 0 fully saturated rings. The molecule has 0 aliphatic rings. The summed E-state index contributed by atoms with van der Waals surface area (Å²) in [4.78, 5) is 0. The lowest BCUT2D eigenvalue weighted by Crippen LogP contribution is -2.43. The smallest absolute Gasteiger partial charge is 0.215 e. The van der Waals surface area contributed by atoms with Gasteiger partial charge in [-0.15, -0.1) is 0 Å². The highest BCUT2D eigenvalue weighted by Crippen LogP contribution is 2.48. The van der Waals surface area contributed by atoms with Crippen molar-refractivity contribution in [3.8, 4) is 0 Å². The van der Waals surface area contributed by atoms with Crippen molar-refractivity contribution in [1.82, 2.24) is 0 Å². The second-order valence-electron chi connectivity index (χ2n) is 5.75. The Hall–Kier alpha value is -2.83. The van der Waals surface area contributed by atoms with E-state index in [1.807, 2.05) is 0 Å². The Balaban J connectivity index is 2.65. The van der Waals surface area contributed by atoms with E-state index in [1.54, 1.807) is 0 Å². The first-order valence-corrected chi connectivity index (χ1v) is 9.27. The van der Waals surface area contributed by atoms with E-state index in [0.29, 0.717) is 24.3 Å². The average Bonchev–Trinajstić information content (AvgIpc) is 2.72. The Morgan fingerprint density at radius 2 is 0.903 bits per heavy atom. The number of sulfone groups is 1. The predicted molar refractivity (Wildman–Crippen MR) is 89.9 cm³/mol. The molecule has 0 atom stereocenters. The molecule has 2 nitrogen and oxygen atoms in total. The fourth-order valence-electron chi connectivity index (χ4n) is 2.17. The van der Waals surface area contributed by atoms with Crippen LogP contribution in [-0.4, -0.2) is 18.9 Å². The highest BCUT2D eigenvalue weighted by Gasteiger charge is 2.67. The lowest BCUT2D eigenvalue weighted by atomic mass is 10.1. The van der Waals surface area contributed by atoms with Crippen LogP contribution < -0.4 is 0 Å². The number of hydrogen-bond donors (Lipinski definition) is 0. The molecular formula is C18H8F10O2S. The van der Waals surface area contributed by atoms with Crippen molar-refractivity contribution in [3.63, 3.8) is 0 Å². The minimum Gasteiger partial charge on any atom is -0.215 e. The van der Waals surface area contributed by atoms with Gasteiger partial charge in [0.25, 0.3) is 9.84 Å². The van der Waals surface area contributed by atoms with Gasteiger partial charge < -0.3 is 0 Å². The van der Waals surface area contributed by atoms with Crippen LogP contribution in [0, 0.1) is 11.6 Å². The molecule has 2 aromatic rings. The molecule has 0 radical (unpaired) electrons. The SMILES string of the molecule is O=S(=O)(C(F)(F)C(F)=C(F)c1ccccc1F)C(F)(F)C(F)=C(F)c1ccccc1F. The topological polar surface area (TPSA) is 34.1 Å². The van der Waals surface area contributed by atoms with Crippen LogP contribution in [0.15, 0.2) is 60.2 Å². The van der Waals surface area contributed by atoms with Crippen LogP contribution in [0.1, 0.15) is 11.1 Å². The first-order chi connectivity index (χ1) is 14.2. The maximum atomic E-state index is 14.0. The molecule has 2 rings (SSSR count). The van der Waals surface area contributed by atoms with E-state index in [4.69, 9.17) is 0 Å². The summed E-state index contributed by atoms with van der Waals surface area (Å²) in [6, 6.07) is 5.13. The Labute approximate surface area is 168 Å². The van der Waals surface area contributed by atoms with E-state index < -0.39 is 66.4 Å². The van der Waals surface area contributed by atoms with E-state index in [-0.39, 0.29) is 0 Å². The van der Waals surface area contributed by atoms with Crippen molar-refractivity contribution in [2.75, 3.05) is 0 Å². The normalized spacial score (nSPS) is 14.8. The quantitative estimate of drug-likeness (QED) is 0.446. The predicted octanol–water partition coefficient (Wildman–Crippen LogP) is 6.48. The maximum Gasteiger partial charge on any atom is 0.405 e. The molecule has 13 heteroatoms. The maximum absolute atomic E-state index is 14.0. The van der Waals surface area contributed by atoms with Gasteiger partial charge in [-0.3, -0.25) is 0 Å². The van der Waals surface area contributed by atoms with Crippen molar-refractivity contribution >= 4 is 21.5 Å². The number of benzene rings is 2. The summed E-state index contributed by atoms with van der Waals surface area (Å²) in [6.07, 6.45) is 0. The molecule has 0 amide bonds. The van der Waals surface area contributed by atoms with Crippen molar-refractivity contribution in [2.24, 2.45) is 0 Å². The molecule has 0 unspecified atom stereocenters. The standard InChI is InChI=1S/C18H8F10O2S/c19-11-7-3-1-5-9(11)13(21)15(23)17(25,26)31(29,30)18(27,28)16(24)14(22)10-6-2-4-8-12(10)20/h1-8H. The molecule has 0 saturated heterocycles. The summed E-state index contributed by atoms with van der Waals surface area (Å²) in [5.74, 6) is -16.5. The molecule has 0 aliphatic carbocycles. The van der Waals surface area contributed by atoms with Gasteiger partial charge in [0.1, 0.15) is 11.6 Å². The van der Waals surface area contributed by atoms with Crippen LogP contribution in [0.2, 0.25) is 0 Å². The molecule has 0 heterocycles. The Morgan fingerprint density at radius 3 is 1.19 bits per heavy atom. The van der Waals surface area contributed by atoms with Crippen LogP contribution in [-0.2, 0) is 9.84 Å². The van der Waals surface area contributed by atoms with E-state index in [2.05, 4.69) is 0 Å². The molecule has 0 aromatic heterocycles. The highest BCUT2D eigenvalue weighted by atomic mass is 32.2. The van der Waals surface area contributed by atoms with Gasteiger partial charge in [0.2, 0.25) is 11.7 Å². The average molecular weight is 478 g/mol. The van der Waals surface area contributed by atoms with Crippen LogP contribution in [0.25, 0.3) is 11.7 Å². The fourth-order valence-corrected chi connectivity index (χ4v) is 3.14. The van der Waals surface area contributed by atoms with E-state index >= 15 is 0 Å². The molecule has 0 saturated carbocycles. The molecular weight excluding hydrogens is 470 g/mol. The van der Waals surface area contributed by atoms with Crippen molar-refractivity contribution in [1.29, 1.82) is 0 Å². The zero-order valence-electron chi connectivity index (χ0n) is 14.6. The third-order valence-corrected chi connectivity index (χ3v) is 5.50. The molecule has 31 heavy (non-hydrogen) atoms. The highest BCUT2D eigenvalue weighted by molar-refractivity contribution is 7.93. The number of rotatable bonds is 6. The molecule has 0 N–H and O–H groups in total. The summed E-state index contributed by atoms with van der Waals surface area (Å²) in [6.45, 7) is 0. The second-order valence-corrected chi connectivity index (χ2v) is 7.78. The minimum absolute atomic E-state index is 0.378. The van der Waals surface area contributed by atoms with Crippen molar-refractivity contribution in [3.05, 3.63) is 82.9 Å². The minimum atomic E-state index is -7.73. The summed E-state index contributed by atoms with van der Waals surface area (Å²) >= 11 is 0. The largest absolute Gasteiger partial charge is 0.405 e. The molecule has 0 bridgehead atoms. The van der Waals surface area contributed by atoms with Gasteiger partial charge in [0, 0.05) is 11.1 Å². The zero-order valence-corrected chi connectivity index (χ0v) is 15.4. The van der Waals surface area contributed by atoms with Crippen molar-refractivity contribution < 1.29 is 52.3 Å². The summed E-state index contributed by atoms with van der Waals surface area (Å²) < 4.78 is 162. The summed E-state index contributed by atoms with van der Waals surface area (Å²) in [7, 11) is -7.73. The van der Waals surface area contributed by atoms with Crippen LogP contribution in [0.3, 0.4) is 0 Å². The van der Waals surface area contributed by atoms with Gasteiger partial charge in [-0.25, -0.2) is 34.8 Å². The number of alkyl halides is 4. The molecule has 0 aliphatic heterocycles. The lowest BCUT2D eigenvalue weighted by molar-refractivity contribution is 0.0596. The van der Waals surface area contributed by atoms with Crippen LogP contribution >= 0.6 is 0 Å². The number of hydrogen-bond acceptors (Lipinski definition) is 2. The van der Waals surface area contributed by atoms with Gasteiger partial charge in [0.05, 0.1) is 0 Å². The third-order valence-electron chi connectivity index (χ3n) is 3.79. The third kappa shape index (κ3) is 4.05. The van der Waals surface area contributed by atoms with Crippen molar-refractivity contribution in [2.45, 2.75) is 10.5 Å². The van der Waals surface area contributed by atoms with E-state index in [9.17, 15) is 52.3 Å². The zero-order chi connectivity index (χ0) is 23.8. The van der Waals surface area contributed by atoms with Crippen LogP contribution in [0.4, 0.5) is 43.9 Å². The van der Waals surface area contributed by atoms with Gasteiger partial charge >= 0.3 is 10.5 Å². The Kier molecular flexibility index (Phi) is 6.59. The van der Waals surface area contributed by atoms with E-state index in [1.165, 1.54) is 0 Å². The monoisotopic (exact) mass is 478 g/mol. The summed E-state index contributed by atoms with van der Waals surface area (Å²) in [5, 5.41) is -13.0. The first-order valence-electron chi connectivity index (χ1n) is 7.79. The number of halogens is 10. The molecule has 2 aromatic carbocycles. The summed E-state index contributed by atoms with van der Waals surface area (Å²) in [5.41, 5.74) is -3.10. The van der Waals surface area contributed by atoms with Crippen LogP contribution in [0.5, 0.6) is 0 Å². The Bertz CT molecular complexity index is 1080. The van der Waals surface area contributed by atoms with Gasteiger partial charge in [-0.1, -0.05) is 24.3 Å². The Morgan fingerprint density at radius 1 is 0.613 bits per heavy atom. The fraction of sp³-hybridized carbons (Fsp3) is 0.111. The molecule has 168 valence electrons.